The Bertz CT molecular complexity index is 787. The van der Waals surface area contributed by atoms with Gasteiger partial charge in [0.05, 0.1) is 22.6 Å². The van der Waals surface area contributed by atoms with E-state index in [1.165, 1.54) is 12.3 Å². The second-order valence-corrected chi connectivity index (χ2v) is 4.83. The molecule has 0 amide bonds. The van der Waals surface area contributed by atoms with Crippen LogP contribution in [0.25, 0.3) is 22.8 Å². The van der Waals surface area contributed by atoms with Gasteiger partial charge in [0, 0.05) is 24.9 Å². The van der Waals surface area contributed by atoms with Crippen LogP contribution in [0.2, 0.25) is 0 Å². The van der Waals surface area contributed by atoms with Crippen LogP contribution in [0.4, 0.5) is 0 Å². The first kappa shape index (κ1) is 11.9. The lowest BCUT2D eigenvalue weighted by Gasteiger charge is -2.00. The van der Waals surface area contributed by atoms with E-state index in [4.69, 9.17) is 4.42 Å². The molecule has 7 heteroatoms. The molecular weight excluding hydrogens is 312 g/mol. The number of nitrogens with one attached hydrogen (secondary N) is 1. The maximum Gasteiger partial charge on any atom is 0.251 e. The molecule has 0 aliphatic heterocycles. The average molecular weight is 321 g/mol. The number of halogens is 1. The molecule has 0 atom stereocenters. The van der Waals surface area contributed by atoms with E-state index in [-0.39, 0.29) is 5.56 Å². The van der Waals surface area contributed by atoms with Crippen molar-refractivity contribution in [2.45, 2.75) is 0 Å². The Morgan fingerprint density at radius 3 is 2.95 bits per heavy atom. The lowest BCUT2D eigenvalue weighted by molar-refractivity contribution is 0.576. The number of rotatable bonds is 2. The number of hydrogen-bond acceptors (Lipinski definition) is 4. The van der Waals surface area contributed by atoms with E-state index in [1.807, 2.05) is 0 Å². The highest BCUT2D eigenvalue weighted by Crippen LogP contribution is 2.27. The van der Waals surface area contributed by atoms with Gasteiger partial charge >= 0.3 is 0 Å². The van der Waals surface area contributed by atoms with Crippen molar-refractivity contribution in [1.82, 2.24) is 19.7 Å². The van der Waals surface area contributed by atoms with Gasteiger partial charge in [0.15, 0.2) is 11.6 Å². The zero-order valence-electron chi connectivity index (χ0n) is 9.92. The summed E-state index contributed by atoms with van der Waals surface area (Å²) < 4.78 is 7.69. The van der Waals surface area contributed by atoms with Crippen LogP contribution in [0.1, 0.15) is 0 Å². The zero-order chi connectivity index (χ0) is 13.4. The first-order valence-corrected chi connectivity index (χ1v) is 6.26. The van der Waals surface area contributed by atoms with Crippen LogP contribution in [-0.4, -0.2) is 19.7 Å². The molecule has 0 unspecified atom stereocenters. The van der Waals surface area contributed by atoms with Gasteiger partial charge in [0.2, 0.25) is 0 Å². The highest BCUT2D eigenvalue weighted by molar-refractivity contribution is 9.10. The lowest BCUT2D eigenvalue weighted by atomic mass is 10.2. The molecule has 0 fully saturated rings. The monoisotopic (exact) mass is 320 g/mol. The average Bonchev–Trinajstić information content (AvgIpc) is 2.97. The minimum atomic E-state index is -0.243. The van der Waals surface area contributed by atoms with E-state index in [9.17, 15) is 4.79 Å². The van der Waals surface area contributed by atoms with E-state index in [2.05, 4.69) is 31.0 Å². The van der Waals surface area contributed by atoms with Crippen LogP contribution in [0, 0.1) is 0 Å². The summed E-state index contributed by atoms with van der Waals surface area (Å²) in [5.41, 5.74) is 1.08. The third kappa shape index (κ3) is 2.24. The lowest BCUT2D eigenvalue weighted by Crippen LogP contribution is -2.08. The number of aromatic amines is 1. The predicted molar refractivity (Wildman–Crippen MR) is 72.5 cm³/mol. The molecule has 1 N–H and O–H groups in total. The van der Waals surface area contributed by atoms with Crippen molar-refractivity contribution in [2.75, 3.05) is 0 Å². The summed E-state index contributed by atoms with van der Waals surface area (Å²) in [7, 11) is 1.81. The highest BCUT2D eigenvalue weighted by Gasteiger charge is 2.12. The van der Waals surface area contributed by atoms with E-state index in [0.29, 0.717) is 17.3 Å². The Kier molecular flexibility index (Phi) is 2.83. The number of furan rings is 1. The topological polar surface area (TPSA) is 76.7 Å². The van der Waals surface area contributed by atoms with Gasteiger partial charge in [0.1, 0.15) is 0 Å². The number of H-pyrrole nitrogens is 1. The number of nitrogens with zero attached hydrogens (tertiary/aromatic N) is 3. The summed E-state index contributed by atoms with van der Waals surface area (Å²) in [6.07, 6.45) is 4.97. The zero-order valence-corrected chi connectivity index (χ0v) is 11.5. The van der Waals surface area contributed by atoms with Crippen molar-refractivity contribution < 1.29 is 4.42 Å². The molecule has 0 saturated carbocycles. The number of aromatic nitrogens is 4. The van der Waals surface area contributed by atoms with Crippen LogP contribution >= 0.6 is 15.9 Å². The SMILES string of the molecule is Cn1cc(-c2cc(=O)[nH]c(-c3occc3Br)n2)cn1. The first-order chi connectivity index (χ1) is 9.13. The fourth-order valence-electron chi connectivity index (χ4n) is 1.73. The second-order valence-electron chi connectivity index (χ2n) is 3.98. The van der Waals surface area contributed by atoms with Gasteiger partial charge in [-0.2, -0.15) is 5.10 Å². The van der Waals surface area contributed by atoms with Gasteiger partial charge in [-0.05, 0) is 22.0 Å². The van der Waals surface area contributed by atoms with Crippen LogP contribution in [0.3, 0.4) is 0 Å². The van der Waals surface area contributed by atoms with Crippen LogP contribution < -0.4 is 5.56 Å². The Morgan fingerprint density at radius 1 is 1.47 bits per heavy atom. The van der Waals surface area contributed by atoms with E-state index >= 15 is 0 Å². The Labute approximate surface area is 116 Å². The molecule has 0 bridgehead atoms. The third-order valence-electron chi connectivity index (χ3n) is 2.57. The van der Waals surface area contributed by atoms with Gasteiger partial charge in [-0.3, -0.25) is 9.48 Å². The second kappa shape index (κ2) is 4.51. The first-order valence-electron chi connectivity index (χ1n) is 5.47. The van der Waals surface area contributed by atoms with Crippen molar-refractivity contribution >= 4 is 15.9 Å². The summed E-state index contributed by atoms with van der Waals surface area (Å²) in [6.45, 7) is 0. The normalized spacial score (nSPS) is 10.8. The van der Waals surface area contributed by atoms with Crippen LogP contribution in [0.15, 0.2) is 44.5 Å². The standard InChI is InChI=1S/C12H9BrN4O2/c1-17-6-7(5-14-17)9-4-10(18)16-12(15-9)11-8(13)2-3-19-11/h2-6H,1H3,(H,15,16,18). The maximum absolute atomic E-state index is 11.7. The van der Waals surface area contributed by atoms with Gasteiger partial charge in [-0.1, -0.05) is 0 Å². The molecule has 0 aliphatic rings. The Morgan fingerprint density at radius 2 is 2.32 bits per heavy atom. The van der Waals surface area contributed by atoms with Crippen LogP contribution in [-0.2, 0) is 7.05 Å². The minimum absolute atomic E-state index is 0.243. The van der Waals surface area contributed by atoms with Gasteiger partial charge < -0.3 is 9.40 Å². The minimum Gasteiger partial charge on any atom is -0.460 e. The summed E-state index contributed by atoms with van der Waals surface area (Å²) in [6, 6.07) is 3.17. The molecule has 3 heterocycles. The molecule has 96 valence electrons. The van der Waals surface area contributed by atoms with Crippen molar-refractivity contribution in [2.24, 2.45) is 7.05 Å². The largest absolute Gasteiger partial charge is 0.460 e. The molecular formula is C12H9BrN4O2. The molecule has 3 aromatic rings. The quantitative estimate of drug-likeness (QED) is 0.785. The van der Waals surface area contributed by atoms with Gasteiger partial charge in [-0.15, -0.1) is 0 Å². The summed E-state index contributed by atoms with van der Waals surface area (Å²) in [5, 5.41) is 4.06. The van der Waals surface area contributed by atoms with Crippen molar-refractivity contribution in [1.29, 1.82) is 0 Å². The molecule has 0 spiro atoms. The van der Waals surface area contributed by atoms with E-state index in [0.717, 1.165) is 10.0 Å². The summed E-state index contributed by atoms with van der Waals surface area (Å²) in [4.78, 5) is 18.8. The summed E-state index contributed by atoms with van der Waals surface area (Å²) in [5.74, 6) is 0.867. The predicted octanol–water partition coefficient (Wildman–Crippen LogP) is 2.19. The molecule has 19 heavy (non-hydrogen) atoms. The number of hydrogen-bond donors (Lipinski definition) is 1. The van der Waals surface area contributed by atoms with Gasteiger partial charge in [-0.25, -0.2) is 4.98 Å². The van der Waals surface area contributed by atoms with Gasteiger partial charge in [0.25, 0.3) is 5.56 Å². The Balaban J connectivity index is 2.16. The fraction of sp³-hybridized carbons (Fsp3) is 0.0833. The maximum atomic E-state index is 11.7. The van der Waals surface area contributed by atoms with Crippen molar-refractivity contribution in [3.63, 3.8) is 0 Å². The number of aryl methyl sites for hydroxylation is 1. The molecule has 0 radical (unpaired) electrons. The highest BCUT2D eigenvalue weighted by atomic mass is 79.9. The molecule has 3 rings (SSSR count). The Hall–Kier alpha value is -2.15. The molecule has 6 nitrogen and oxygen atoms in total. The smallest absolute Gasteiger partial charge is 0.251 e. The van der Waals surface area contributed by atoms with Crippen LogP contribution in [0.5, 0.6) is 0 Å². The van der Waals surface area contributed by atoms with E-state index in [1.54, 1.807) is 30.2 Å². The third-order valence-corrected chi connectivity index (χ3v) is 3.20. The van der Waals surface area contributed by atoms with Crippen molar-refractivity contribution in [3.8, 4) is 22.8 Å². The molecule has 0 saturated heterocycles. The molecule has 0 aliphatic carbocycles. The summed E-state index contributed by atoms with van der Waals surface area (Å²) >= 11 is 3.34. The molecule has 3 aromatic heterocycles. The van der Waals surface area contributed by atoms with Crippen molar-refractivity contribution in [3.05, 3.63) is 45.6 Å². The van der Waals surface area contributed by atoms with E-state index < -0.39 is 0 Å². The molecule has 0 aromatic carbocycles. The fourth-order valence-corrected chi connectivity index (χ4v) is 2.12.